The first-order valence-electron chi connectivity index (χ1n) is 5.83. The van der Waals surface area contributed by atoms with Crippen LogP contribution in [0.4, 0.5) is 0 Å². The molecule has 0 spiro atoms. The number of aromatic nitrogens is 3. The van der Waals surface area contributed by atoms with Gasteiger partial charge in [-0.3, -0.25) is 4.98 Å². The third-order valence-electron chi connectivity index (χ3n) is 3.32. The highest BCUT2D eigenvalue weighted by Crippen LogP contribution is 2.31. The summed E-state index contributed by atoms with van der Waals surface area (Å²) in [4.78, 5) is 8.56. The van der Waals surface area contributed by atoms with E-state index in [4.69, 9.17) is 0 Å². The standard InChI is InChI=1S/C13H15N3/c1-3-11(9-16-8-7-14-10-16)12-4-2-6-15-13(12)5-1/h2,4,6-8,10-11H,1,3,5,9H2/t11-/m0/s1. The van der Waals surface area contributed by atoms with E-state index in [1.807, 2.05) is 31.0 Å². The van der Waals surface area contributed by atoms with Crippen LogP contribution in [0.5, 0.6) is 0 Å². The fourth-order valence-corrected chi connectivity index (χ4v) is 2.54. The van der Waals surface area contributed by atoms with E-state index in [9.17, 15) is 0 Å². The van der Waals surface area contributed by atoms with E-state index in [2.05, 4.69) is 20.6 Å². The molecule has 0 bridgehead atoms. The summed E-state index contributed by atoms with van der Waals surface area (Å²) in [5.41, 5.74) is 2.72. The van der Waals surface area contributed by atoms with Gasteiger partial charge in [0.2, 0.25) is 0 Å². The SMILES string of the molecule is c1cnc2c(c1)[C@H](Cn1ccnc1)CCC2. The molecule has 0 aromatic carbocycles. The highest BCUT2D eigenvalue weighted by atomic mass is 15.0. The van der Waals surface area contributed by atoms with Gasteiger partial charge < -0.3 is 4.57 Å². The van der Waals surface area contributed by atoms with Crippen molar-refractivity contribution in [2.75, 3.05) is 0 Å². The number of fused-ring (bicyclic) bond motifs is 1. The Balaban J connectivity index is 1.87. The minimum Gasteiger partial charge on any atom is -0.337 e. The zero-order chi connectivity index (χ0) is 10.8. The van der Waals surface area contributed by atoms with Crippen molar-refractivity contribution in [2.45, 2.75) is 31.7 Å². The number of imidazole rings is 1. The minimum absolute atomic E-state index is 0.603. The van der Waals surface area contributed by atoms with Crippen LogP contribution in [0.25, 0.3) is 0 Å². The maximum atomic E-state index is 4.47. The Bertz CT molecular complexity index is 462. The van der Waals surface area contributed by atoms with Gasteiger partial charge in [-0.05, 0) is 30.9 Å². The van der Waals surface area contributed by atoms with Crippen LogP contribution in [0.15, 0.2) is 37.1 Å². The van der Waals surface area contributed by atoms with E-state index in [1.54, 1.807) is 0 Å². The normalized spacial score (nSPS) is 19.4. The van der Waals surface area contributed by atoms with Crippen LogP contribution < -0.4 is 0 Å². The Morgan fingerprint density at radius 2 is 2.38 bits per heavy atom. The van der Waals surface area contributed by atoms with E-state index in [0.29, 0.717) is 5.92 Å². The summed E-state index contributed by atoms with van der Waals surface area (Å²) in [6.45, 7) is 1.03. The molecular weight excluding hydrogens is 198 g/mol. The van der Waals surface area contributed by atoms with Crippen molar-refractivity contribution in [1.29, 1.82) is 0 Å². The van der Waals surface area contributed by atoms with Crippen molar-refractivity contribution < 1.29 is 0 Å². The van der Waals surface area contributed by atoms with Gasteiger partial charge >= 0.3 is 0 Å². The predicted molar refractivity (Wildman–Crippen MR) is 62.1 cm³/mol. The molecule has 3 rings (SSSR count). The molecule has 1 aliphatic rings. The van der Waals surface area contributed by atoms with Crippen LogP contribution in [-0.4, -0.2) is 14.5 Å². The van der Waals surface area contributed by atoms with Crippen LogP contribution in [0.2, 0.25) is 0 Å². The molecule has 16 heavy (non-hydrogen) atoms. The number of pyridine rings is 1. The average molecular weight is 213 g/mol. The van der Waals surface area contributed by atoms with E-state index < -0.39 is 0 Å². The summed E-state index contributed by atoms with van der Waals surface area (Å²) in [7, 11) is 0. The molecule has 0 amide bonds. The Morgan fingerprint density at radius 3 is 3.25 bits per heavy atom. The van der Waals surface area contributed by atoms with Crippen molar-refractivity contribution in [3.63, 3.8) is 0 Å². The molecule has 2 aromatic rings. The van der Waals surface area contributed by atoms with Crippen molar-refractivity contribution in [1.82, 2.24) is 14.5 Å². The van der Waals surface area contributed by atoms with E-state index in [0.717, 1.165) is 13.0 Å². The Hall–Kier alpha value is -1.64. The molecule has 0 fully saturated rings. The van der Waals surface area contributed by atoms with Gasteiger partial charge in [0.25, 0.3) is 0 Å². The lowest BCUT2D eigenvalue weighted by molar-refractivity contribution is 0.477. The van der Waals surface area contributed by atoms with Gasteiger partial charge in [0.15, 0.2) is 0 Å². The molecule has 1 aliphatic carbocycles. The molecule has 3 nitrogen and oxygen atoms in total. The molecule has 0 saturated carbocycles. The summed E-state index contributed by atoms with van der Waals surface area (Å²) >= 11 is 0. The van der Waals surface area contributed by atoms with Gasteiger partial charge in [-0.15, -0.1) is 0 Å². The van der Waals surface area contributed by atoms with Gasteiger partial charge in [-0.2, -0.15) is 0 Å². The van der Waals surface area contributed by atoms with Crippen molar-refractivity contribution in [3.05, 3.63) is 48.3 Å². The first-order chi connectivity index (χ1) is 7.93. The van der Waals surface area contributed by atoms with Gasteiger partial charge in [-0.25, -0.2) is 4.98 Å². The van der Waals surface area contributed by atoms with Crippen LogP contribution >= 0.6 is 0 Å². The van der Waals surface area contributed by atoms with Crippen LogP contribution in [-0.2, 0) is 13.0 Å². The Labute approximate surface area is 95.2 Å². The van der Waals surface area contributed by atoms with E-state index in [1.165, 1.54) is 24.1 Å². The summed E-state index contributed by atoms with van der Waals surface area (Å²) in [5.74, 6) is 0.603. The number of hydrogen-bond donors (Lipinski definition) is 0. The van der Waals surface area contributed by atoms with Crippen LogP contribution in [0, 0.1) is 0 Å². The number of hydrogen-bond acceptors (Lipinski definition) is 2. The molecule has 0 saturated heterocycles. The largest absolute Gasteiger partial charge is 0.337 e. The third kappa shape index (κ3) is 1.73. The monoisotopic (exact) mass is 213 g/mol. The highest BCUT2D eigenvalue weighted by Gasteiger charge is 2.20. The van der Waals surface area contributed by atoms with Gasteiger partial charge in [0, 0.05) is 36.7 Å². The van der Waals surface area contributed by atoms with Crippen molar-refractivity contribution >= 4 is 0 Å². The second-order valence-electron chi connectivity index (χ2n) is 4.39. The number of aryl methyl sites for hydroxylation is 1. The van der Waals surface area contributed by atoms with E-state index >= 15 is 0 Å². The third-order valence-corrected chi connectivity index (χ3v) is 3.32. The van der Waals surface area contributed by atoms with E-state index in [-0.39, 0.29) is 0 Å². The van der Waals surface area contributed by atoms with Gasteiger partial charge in [-0.1, -0.05) is 6.07 Å². The molecule has 3 heteroatoms. The Kier molecular flexibility index (Phi) is 2.44. The summed E-state index contributed by atoms with van der Waals surface area (Å²) in [5, 5.41) is 0. The second-order valence-corrected chi connectivity index (χ2v) is 4.39. The lowest BCUT2D eigenvalue weighted by Crippen LogP contribution is -2.15. The molecule has 0 radical (unpaired) electrons. The average Bonchev–Trinajstić information content (AvgIpc) is 2.82. The van der Waals surface area contributed by atoms with Gasteiger partial charge in [0.05, 0.1) is 6.33 Å². The zero-order valence-electron chi connectivity index (χ0n) is 9.21. The quantitative estimate of drug-likeness (QED) is 0.767. The van der Waals surface area contributed by atoms with Crippen molar-refractivity contribution in [3.8, 4) is 0 Å². The molecule has 2 aromatic heterocycles. The van der Waals surface area contributed by atoms with Crippen LogP contribution in [0.3, 0.4) is 0 Å². The molecule has 0 unspecified atom stereocenters. The molecule has 2 heterocycles. The number of rotatable bonds is 2. The maximum absolute atomic E-state index is 4.47. The second kappa shape index (κ2) is 4.08. The first-order valence-corrected chi connectivity index (χ1v) is 5.83. The highest BCUT2D eigenvalue weighted by molar-refractivity contribution is 5.26. The fourth-order valence-electron chi connectivity index (χ4n) is 2.54. The van der Waals surface area contributed by atoms with Crippen molar-refractivity contribution in [2.24, 2.45) is 0 Å². The number of nitrogens with zero attached hydrogens (tertiary/aromatic N) is 3. The smallest absolute Gasteiger partial charge is 0.0946 e. The predicted octanol–water partition coefficient (Wildman–Crippen LogP) is 2.40. The lowest BCUT2D eigenvalue weighted by atomic mass is 9.85. The first kappa shape index (κ1) is 9.58. The topological polar surface area (TPSA) is 30.7 Å². The van der Waals surface area contributed by atoms with Gasteiger partial charge in [0.1, 0.15) is 0 Å². The lowest BCUT2D eigenvalue weighted by Gasteiger charge is -2.24. The fraction of sp³-hybridized carbons (Fsp3) is 0.385. The minimum atomic E-state index is 0.603. The van der Waals surface area contributed by atoms with Crippen LogP contribution in [0.1, 0.15) is 30.0 Å². The molecular formula is C13H15N3. The molecule has 0 aliphatic heterocycles. The molecule has 0 N–H and O–H groups in total. The summed E-state index contributed by atoms with van der Waals surface area (Å²) in [6.07, 6.45) is 11.3. The summed E-state index contributed by atoms with van der Waals surface area (Å²) < 4.78 is 2.16. The maximum Gasteiger partial charge on any atom is 0.0946 e. The summed E-state index contributed by atoms with van der Waals surface area (Å²) in [6, 6.07) is 4.27. The molecule has 1 atom stereocenters. The Morgan fingerprint density at radius 1 is 1.38 bits per heavy atom. The molecule has 82 valence electrons. The zero-order valence-corrected chi connectivity index (χ0v) is 9.21.